The fourth-order valence-electron chi connectivity index (χ4n) is 3.00. The van der Waals surface area contributed by atoms with Crippen molar-refractivity contribution in [3.63, 3.8) is 0 Å². The van der Waals surface area contributed by atoms with Crippen molar-refractivity contribution in [1.29, 1.82) is 0 Å². The van der Waals surface area contributed by atoms with Crippen molar-refractivity contribution in [3.8, 4) is 0 Å². The number of sulfonamides is 1. The first-order valence-corrected chi connectivity index (χ1v) is 11.9. The summed E-state index contributed by atoms with van der Waals surface area (Å²) in [6.07, 6.45) is 1.18. The topological polar surface area (TPSA) is 103 Å². The summed E-state index contributed by atoms with van der Waals surface area (Å²) in [5.74, 6) is -1.02. The standard InChI is InChI=1S/C17H20N2O6S3/c1-3-25-16(20)12-10-27-15(18-12)11-4-7-19(8-5-11)28(22,23)13-6-9-26-14(13)17(21)24-2/h6,9-11H,3-5,7-8H2,1-2H3. The molecule has 3 rings (SSSR count). The fourth-order valence-corrected chi connectivity index (χ4v) is 6.74. The Hall–Kier alpha value is -1.82. The second-order valence-electron chi connectivity index (χ2n) is 6.08. The van der Waals surface area contributed by atoms with E-state index in [1.54, 1.807) is 17.7 Å². The maximum Gasteiger partial charge on any atom is 0.357 e. The fraction of sp³-hybridized carbons (Fsp3) is 0.471. The molecule has 0 aromatic carbocycles. The third-order valence-electron chi connectivity index (χ3n) is 4.43. The van der Waals surface area contributed by atoms with Crippen LogP contribution in [-0.2, 0) is 19.5 Å². The smallest absolute Gasteiger partial charge is 0.357 e. The van der Waals surface area contributed by atoms with Gasteiger partial charge < -0.3 is 9.47 Å². The van der Waals surface area contributed by atoms with Crippen LogP contribution >= 0.6 is 22.7 Å². The molecule has 0 amide bonds. The van der Waals surface area contributed by atoms with E-state index >= 15 is 0 Å². The number of carbonyl (C=O) groups is 2. The van der Waals surface area contributed by atoms with Crippen molar-refractivity contribution in [3.05, 3.63) is 32.4 Å². The van der Waals surface area contributed by atoms with Crippen LogP contribution in [0.5, 0.6) is 0 Å². The van der Waals surface area contributed by atoms with Crippen molar-refractivity contribution >= 4 is 44.6 Å². The molecule has 1 aliphatic heterocycles. The van der Waals surface area contributed by atoms with Gasteiger partial charge in [0.2, 0.25) is 10.0 Å². The average molecular weight is 445 g/mol. The number of esters is 2. The van der Waals surface area contributed by atoms with Crippen LogP contribution in [0, 0.1) is 0 Å². The molecule has 0 unspecified atom stereocenters. The lowest BCUT2D eigenvalue weighted by Crippen LogP contribution is -2.38. The molecule has 2 aromatic heterocycles. The molecule has 0 spiro atoms. The molecule has 1 fully saturated rings. The van der Waals surface area contributed by atoms with Gasteiger partial charge in [-0.2, -0.15) is 4.31 Å². The summed E-state index contributed by atoms with van der Waals surface area (Å²) >= 11 is 2.43. The molecular formula is C17H20N2O6S3. The maximum absolute atomic E-state index is 12.9. The highest BCUT2D eigenvalue weighted by Gasteiger charge is 2.34. The molecular weight excluding hydrogens is 424 g/mol. The Morgan fingerprint density at radius 3 is 2.61 bits per heavy atom. The van der Waals surface area contributed by atoms with Gasteiger partial charge >= 0.3 is 11.9 Å². The number of rotatable bonds is 6. The van der Waals surface area contributed by atoms with Crippen LogP contribution < -0.4 is 0 Å². The van der Waals surface area contributed by atoms with Crippen LogP contribution in [0.3, 0.4) is 0 Å². The van der Waals surface area contributed by atoms with E-state index < -0.39 is 22.0 Å². The number of hydrogen-bond acceptors (Lipinski definition) is 9. The van der Waals surface area contributed by atoms with Gasteiger partial charge in [0.1, 0.15) is 9.77 Å². The molecule has 0 N–H and O–H groups in total. The number of nitrogens with zero attached hydrogens (tertiary/aromatic N) is 2. The second-order valence-corrected chi connectivity index (χ2v) is 9.79. The Bertz CT molecular complexity index is 957. The Kier molecular flexibility index (Phi) is 6.48. The Labute approximate surface area is 171 Å². The van der Waals surface area contributed by atoms with Crippen molar-refractivity contribution in [1.82, 2.24) is 9.29 Å². The number of methoxy groups -OCH3 is 1. The van der Waals surface area contributed by atoms with Crippen molar-refractivity contribution in [2.24, 2.45) is 0 Å². The summed E-state index contributed by atoms with van der Waals surface area (Å²) in [5, 5.41) is 4.05. The largest absolute Gasteiger partial charge is 0.465 e. The highest BCUT2D eigenvalue weighted by Crippen LogP contribution is 2.34. The molecule has 28 heavy (non-hydrogen) atoms. The number of ether oxygens (including phenoxy) is 2. The number of piperidine rings is 1. The van der Waals surface area contributed by atoms with Gasteiger partial charge in [-0.1, -0.05) is 0 Å². The SMILES string of the molecule is CCOC(=O)c1csc(C2CCN(S(=O)(=O)c3ccsc3C(=O)OC)CC2)n1. The monoisotopic (exact) mass is 444 g/mol. The summed E-state index contributed by atoms with van der Waals surface area (Å²) < 4.78 is 36.9. The van der Waals surface area contributed by atoms with E-state index in [2.05, 4.69) is 9.72 Å². The third-order valence-corrected chi connectivity index (χ3v) is 8.40. The van der Waals surface area contributed by atoms with Crippen LogP contribution in [0.1, 0.15) is 50.9 Å². The molecule has 0 bridgehead atoms. The normalized spacial score (nSPS) is 16.1. The minimum atomic E-state index is -3.77. The highest BCUT2D eigenvalue weighted by atomic mass is 32.2. The van der Waals surface area contributed by atoms with Crippen LogP contribution in [0.4, 0.5) is 0 Å². The van der Waals surface area contributed by atoms with E-state index in [1.165, 1.54) is 28.8 Å². The Morgan fingerprint density at radius 2 is 1.96 bits per heavy atom. The molecule has 3 heterocycles. The number of aromatic nitrogens is 1. The van der Waals surface area contributed by atoms with E-state index in [0.29, 0.717) is 25.9 Å². The Morgan fingerprint density at radius 1 is 1.25 bits per heavy atom. The van der Waals surface area contributed by atoms with E-state index in [1.807, 2.05) is 0 Å². The zero-order valence-electron chi connectivity index (χ0n) is 15.4. The first kappa shape index (κ1) is 20.9. The van der Waals surface area contributed by atoms with E-state index in [4.69, 9.17) is 4.74 Å². The number of thiazole rings is 1. The van der Waals surface area contributed by atoms with Gasteiger partial charge in [0.15, 0.2) is 5.69 Å². The first-order chi connectivity index (χ1) is 13.4. The van der Waals surface area contributed by atoms with E-state index in [0.717, 1.165) is 16.3 Å². The van der Waals surface area contributed by atoms with Crippen LogP contribution in [0.25, 0.3) is 0 Å². The van der Waals surface area contributed by atoms with Crippen LogP contribution in [-0.4, -0.2) is 56.5 Å². The zero-order chi connectivity index (χ0) is 20.3. The van der Waals surface area contributed by atoms with E-state index in [-0.39, 0.29) is 28.0 Å². The molecule has 11 heteroatoms. The van der Waals surface area contributed by atoms with Crippen molar-refractivity contribution < 1.29 is 27.5 Å². The lowest BCUT2D eigenvalue weighted by molar-refractivity contribution is 0.0519. The lowest BCUT2D eigenvalue weighted by Gasteiger charge is -2.30. The minimum absolute atomic E-state index is 0.0124. The third kappa shape index (κ3) is 4.12. The molecule has 0 radical (unpaired) electrons. The highest BCUT2D eigenvalue weighted by molar-refractivity contribution is 7.89. The predicted molar refractivity (Wildman–Crippen MR) is 104 cm³/mol. The first-order valence-electron chi connectivity index (χ1n) is 8.67. The summed E-state index contributed by atoms with van der Waals surface area (Å²) in [5.41, 5.74) is 0.290. The van der Waals surface area contributed by atoms with Gasteiger partial charge in [0, 0.05) is 24.4 Å². The molecule has 8 nitrogen and oxygen atoms in total. The molecule has 152 valence electrons. The molecule has 1 saturated heterocycles. The molecule has 2 aromatic rings. The predicted octanol–water partition coefficient (Wildman–Crippen LogP) is 2.74. The quantitative estimate of drug-likeness (QED) is 0.631. The van der Waals surface area contributed by atoms with E-state index in [9.17, 15) is 18.0 Å². The number of thiophene rings is 1. The van der Waals surface area contributed by atoms with Crippen LogP contribution in [0.15, 0.2) is 21.7 Å². The number of hydrogen-bond donors (Lipinski definition) is 0. The zero-order valence-corrected chi connectivity index (χ0v) is 17.9. The summed E-state index contributed by atoms with van der Waals surface area (Å²) in [4.78, 5) is 28.0. The second kappa shape index (κ2) is 8.68. The molecule has 1 aliphatic rings. The lowest BCUT2D eigenvalue weighted by atomic mass is 9.99. The molecule has 0 saturated carbocycles. The van der Waals surface area contributed by atoms with Gasteiger partial charge in [0.25, 0.3) is 0 Å². The summed E-state index contributed by atoms with van der Waals surface area (Å²) in [6.45, 7) is 2.66. The van der Waals surface area contributed by atoms with Crippen molar-refractivity contribution in [2.45, 2.75) is 30.6 Å². The Balaban J connectivity index is 1.69. The van der Waals surface area contributed by atoms with Gasteiger partial charge in [-0.3, -0.25) is 0 Å². The van der Waals surface area contributed by atoms with Gasteiger partial charge in [-0.05, 0) is 31.2 Å². The molecule has 0 aliphatic carbocycles. The average Bonchev–Trinajstić information content (AvgIpc) is 3.38. The van der Waals surface area contributed by atoms with Gasteiger partial charge in [0.05, 0.1) is 18.7 Å². The summed E-state index contributed by atoms with van der Waals surface area (Å²) in [6, 6.07) is 1.44. The number of carbonyl (C=O) groups excluding carboxylic acids is 2. The minimum Gasteiger partial charge on any atom is -0.465 e. The molecule has 0 atom stereocenters. The van der Waals surface area contributed by atoms with Crippen molar-refractivity contribution in [2.75, 3.05) is 26.8 Å². The van der Waals surface area contributed by atoms with Crippen LogP contribution in [0.2, 0.25) is 0 Å². The van der Waals surface area contributed by atoms with Gasteiger partial charge in [-0.15, -0.1) is 22.7 Å². The maximum atomic E-state index is 12.9. The van der Waals surface area contributed by atoms with Gasteiger partial charge in [-0.25, -0.2) is 23.0 Å². The summed E-state index contributed by atoms with van der Waals surface area (Å²) in [7, 11) is -2.55.